The number of nitrogens with two attached hydrogens (primary N) is 1. The third-order valence-corrected chi connectivity index (χ3v) is 6.01. The van der Waals surface area contributed by atoms with Gasteiger partial charge in [0.05, 0.1) is 17.4 Å². The van der Waals surface area contributed by atoms with Crippen molar-refractivity contribution in [3.63, 3.8) is 0 Å². The van der Waals surface area contributed by atoms with Gasteiger partial charge in [0, 0.05) is 13.0 Å². The normalized spacial score (nSPS) is 26.5. The van der Waals surface area contributed by atoms with E-state index >= 15 is 0 Å². The number of carbonyl (C=O) groups is 3. The molecule has 1 fully saturated rings. The summed E-state index contributed by atoms with van der Waals surface area (Å²) >= 11 is 5.97. The number of carbonyl (C=O) groups excluding carboxylic acids is 3. The molecule has 1 saturated carbocycles. The van der Waals surface area contributed by atoms with Gasteiger partial charge in [-0.05, 0) is 49.8 Å². The summed E-state index contributed by atoms with van der Waals surface area (Å²) in [6.45, 7) is 0.134. The minimum atomic E-state index is -1.33. The standard InChI is InChI=1S/C19H23ClFN5O3/c1-23-17(28)15-19(18(22)29,25-9-24-15)11-4-2-10(3-5-11)16(27)26-14-7-6-12(21)8-13(14)20/h6-8,10-11,25H,2-5,9H2,1H3,(H2,22,29)(H,23,28)(H,26,27). The number of hydrogen-bond acceptors (Lipinski definition) is 5. The first kappa shape index (κ1) is 21.2. The Hall–Kier alpha value is -2.52. The number of primary amides is 1. The second-order valence-corrected chi connectivity index (χ2v) is 7.66. The molecule has 1 heterocycles. The van der Waals surface area contributed by atoms with Gasteiger partial charge in [-0.15, -0.1) is 0 Å². The molecule has 0 saturated heterocycles. The maximum Gasteiger partial charge on any atom is 0.267 e. The van der Waals surface area contributed by atoms with Crippen LogP contribution in [0, 0.1) is 17.7 Å². The number of rotatable bonds is 5. The van der Waals surface area contributed by atoms with Crippen LogP contribution >= 0.6 is 11.6 Å². The van der Waals surface area contributed by atoms with E-state index in [1.807, 2.05) is 0 Å². The molecule has 0 aromatic heterocycles. The van der Waals surface area contributed by atoms with Gasteiger partial charge in [-0.1, -0.05) is 11.6 Å². The van der Waals surface area contributed by atoms with Gasteiger partial charge in [0.1, 0.15) is 17.1 Å². The molecule has 156 valence electrons. The number of hydrogen-bond donors (Lipinski definition) is 4. The van der Waals surface area contributed by atoms with Crippen molar-refractivity contribution in [2.75, 3.05) is 19.0 Å². The Morgan fingerprint density at radius 1 is 1.28 bits per heavy atom. The van der Waals surface area contributed by atoms with E-state index in [4.69, 9.17) is 17.3 Å². The molecule has 3 amide bonds. The van der Waals surface area contributed by atoms with Crippen molar-refractivity contribution in [2.45, 2.75) is 31.2 Å². The predicted octanol–water partition coefficient (Wildman–Crippen LogP) is 1.20. The molecule has 0 spiro atoms. The third-order valence-electron chi connectivity index (χ3n) is 5.70. The molecule has 0 bridgehead atoms. The number of benzene rings is 1. The van der Waals surface area contributed by atoms with E-state index < -0.39 is 23.2 Å². The van der Waals surface area contributed by atoms with Crippen molar-refractivity contribution in [2.24, 2.45) is 22.6 Å². The second kappa shape index (κ2) is 8.46. The Labute approximate surface area is 172 Å². The van der Waals surface area contributed by atoms with E-state index in [0.29, 0.717) is 31.4 Å². The van der Waals surface area contributed by atoms with Crippen LogP contribution in [0.5, 0.6) is 0 Å². The Morgan fingerprint density at radius 3 is 2.55 bits per heavy atom. The van der Waals surface area contributed by atoms with Gasteiger partial charge >= 0.3 is 0 Å². The smallest absolute Gasteiger partial charge is 0.267 e. The molecule has 1 atom stereocenters. The zero-order valence-corrected chi connectivity index (χ0v) is 16.7. The van der Waals surface area contributed by atoms with Crippen LogP contribution in [0.15, 0.2) is 23.2 Å². The van der Waals surface area contributed by atoms with Crippen LogP contribution in [-0.2, 0) is 14.4 Å². The summed E-state index contributed by atoms with van der Waals surface area (Å²) in [5.41, 5.74) is 4.80. The van der Waals surface area contributed by atoms with E-state index in [1.54, 1.807) is 0 Å². The monoisotopic (exact) mass is 423 g/mol. The molecule has 3 rings (SSSR count). The molecular weight excluding hydrogens is 401 g/mol. The zero-order chi connectivity index (χ0) is 21.2. The topological polar surface area (TPSA) is 126 Å². The van der Waals surface area contributed by atoms with E-state index in [0.717, 1.165) is 6.07 Å². The molecule has 1 aliphatic carbocycles. The quantitative estimate of drug-likeness (QED) is 0.567. The van der Waals surface area contributed by atoms with Crippen LogP contribution in [0.25, 0.3) is 0 Å². The second-order valence-electron chi connectivity index (χ2n) is 7.25. The largest absolute Gasteiger partial charge is 0.368 e. The van der Waals surface area contributed by atoms with Crippen molar-refractivity contribution in [3.8, 4) is 0 Å². The molecule has 1 aliphatic heterocycles. The summed E-state index contributed by atoms with van der Waals surface area (Å²) in [4.78, 5) is 41.3. The molecule has 29 heavy (non-hydrogen) atoms. The highest BCUT2D eigenvalue weighted by Crippen LogP contribution is 2.38. The van der Waals surface area contributed by atoms with Crippen molar-refractivity contribution >= 4 is 40.7 Å². The molecule has 1 aromatic carbocycles. The van der Waals surface area contributed by atoms with Gasteiger partial charge in [-0.2, -0.15) is 0 Å². The minimum Gasteiger partial charge on any atom is -0.368 e. The molecule has 2 aliphatic rings. The fraction of sp³-hybridized carbons (Fsp3) is 0.474. The van der Waals surface area contributed by atoms with E-state index in [-0.39, 0.29) is 35.1 Å². The summed E-state index contributed by atoms with van der Waals surface area (Å²) in [6, 6.07) is 3.77. The third kappa shape index (κ3) is 3.97. The lowest BCUT2D eigenvalue weighted by molar-refractivity contribution is -0.126. The lowest BCUT2D eigenvalue weighted by Crippen LogP contribution is -2.65. The first-order chi connectivity index (χ1) is 13.8. The number of aliphatic imine (C=N–C) groups is 1. The summed E-state index contributed by atoms with van der Waals surface area (Å²) in [5.74, 6) is -2.34. The maximum atomic E-state index is 13.2. The Balaban J connectivity index is 1.69. The van der Waals surface area contributed by atoms with Crippen LogP contribution in [0.1, 0.15) is 25.7 Å². The average Bonchev–Trinajstić information content (AvgIpc) is 3.16. The van der Waals surface area contributed by atoms with Crippen molar-refractivity contribution in [3.05, 3.63) is 29.0 Å². The summed E-state index contributed by atoms with van der Waals surface area (Å²) in [6.07, 6.45) is 2.04. The van der Waals surface area contributed by atoms with Crippen molar-refractivity contribution in [1.29, 1.82) is 0 Å². The minimum absolute atomic E-state index is 0.0958. The molecule has 1 unspecified atom stereocenters. The van der Waals surface area contributed by atoms with Crippen LogP contribution in [0.2, 0.25) is 5.02 Å². The van der Waals surface area contributed by atoms with Crippen molar-refractivity contribution in [1.82, 2.24) is 10.6 Å². The number of nitrogens with one attached hydrogen (secondary N) is 3. The fourth-order valence-corrected chi connectivity index (χ4v) is 4.39. The van der Waals surface area contributed by atoms with Gasteiger partial charge in [0.2, 0.25) is 11.8 Å². The Morgan fingerprint density at radius 2 is 1.97 bits per heavy atom. The van der Waals surface area contributed by atoms with E-state index in [9.17, 15) is 18.8 Å². The summed E-state index contributed by atoms with van der Waals surface area (Å²) in [5, 5.41) is 8.36. The van der Waals surface area contributed by atoms with Crippen LogP contribution in [0.4, 0.5) is 10.1 Å². The van der Waals surface area contributed by atoms with Crippen LogP contribution in [0.3, 0.4) is 0 Å². The van der Waals surface area contributed by atoms with Crippen LogP contribution in [-0.4, -0.2) is 42.7 Å². The Bertz CT molecular complexity index is 869. The summed E-state index contributed by atoms with van der Waals surface area (Å²) < 4.78 is 13.2. The van der Waals surface area contributed by atoms with E-state index in [1.165, 1.54) is 19.2 Å². The van der Waals surface area contributed by atoms with E-state index in [2.05, 4.69) is 20.9 Å². The maximum absolute atomic E-state index is 13.2. The van der Waals surface area contributed by atoms with Gasteiger partial charge in [-0.25, -0.2) is 4.39 Å². The van der Waals surface area contributed by atoms with Crippen LogP contribution < -0.4 is 21.7 Å². The highest BCUT2D eigenvalue weighted by Gasteiger charge is 2.54. The molecular formula is C19H23ClFN5O3. The molecule has 8 nitrogen and oxygen atoms in total. The first-order valence-corrected chi connectivity index (χ1v) is 9.75. The van der Waals surface area contributed by atoms with Gasteiger partial charge in [0.15, 0.2) is 0 Å². The first-order valence-electron chi connectivity index (χ1n) is 9.37. The lowest BCUT2D eigenvalue weighted by atomic mass is 9.69. The highest BCUT2D eigenvalue weighted by molar-refractivity contribution is 6.47. The molecule has 5 N–H and O–H groups in total. The lowest BCUT2D eigenvalue weighted by Gasteiger charge is -2.39. The summed E-state index contributed by atoms with van der Waals surface area (Å²) in [7, 11) is 1.47. The Kier molecular flexibility index (Phi) is 6.18. The van der Waals surface area contributed by atoms with Gasteiger partial charge in [0.25, 0.3) is 5.91 Å². The number of halogens is 2. The molecule has 10 heteroatoms. The molecule has 1 aromatic rings. The van der Waals surface area contributed by atoms with Crippen molar-refractivity contribution < 1.29 is 18.8 Å². The predicted molar refractivity (Wildman–Crippen MR) is 107 cm³/mol. The number of amides is 3. The average molecular weight is 424 g/mol. The number of anilines is 1. The zero-order valence-electron chi connectivity index (χ0n) is 15.9. The molecule has 0 radical (unpaired) electrons. The van der Waals surface area contributed by atoms with Gasteiger partial charge in [-0.3, -0.25) is 24.7 Å². The SMILES string of the molecule is CNC(=O)C1=NCNC1(C(N)=O)C1CCC(C(=O)Nc2ccc(F)cc2Cl)CC1. The highest BCUT2D eigenvalue weighted by atomic mass is 35.5. The fourth-order valence-electron chi connectivity index (χ4n) is 4.18. The van der Waals surface area contributed by atoms with Gasteiger partial charge < -0.3 is 16.4 Å². The number of nitrogens with zero attached hydrogens (tertiary/aromatic N) is 1.